The van der Waals surface area contributed by atoms with Crippen LogP contribution in [0.4, 0.5) is 5.69 Å². The van der Waals surface area contributed by atoms with Crippen LogP contribution in [0.3, 0.4) is 0 Å². The van der Waals surface area contributed by atoms with Gasteiger partial charge < -0.3 is 20.6 Å². The van der Waals surface area contributed by atoms with E-state index in [0.717, 1.165) is 13.1 Å². The van der Waals surface area contributed by atoms with Crippen molar-refractivity contribution in [3.8, 4) is 5.88 Å². The maximum absolute atomic E-state index is 10.9. The molecule has 0 aliphatic heterocycles. The van der Waals surface area contributed by atoms with E-state index in [1.807, 2.05) is 13.8 Å². The second kappa shape index (κ2) is 8.00. The zero-order chi connectivity index (χ0) is 15.8. The van der Waals surface area contributed by atoms with Gasteiger partial charge in [-0.15, -0.1) is 0 Å². The van der Waals surface area contributed by atoms with Gasteiger partial charge in [0, 0.05) is 18.7 Å². The summed E-state index contributed by atoms with van der Waals surface area (Å²) < 4.78 is 5.44. The third kappa shape index (κ3) is 4.56. The van der Waals surface area contributed by atoms with Gasteiger partial charge >= 0.3 is 0 Å². The van der Waals surface area contributed by atoms with Gasteiger partial charge in [0.2, 0.25) is 5.88 Å². The Bertz CT molecular complexity index is 516. The molecule has 0 saturated carbocycles. The summed E-state index contributed by atoms with van der Waals surface area (Å²) in [6, 6.07) is 2.60. The molecule has 116 valence electrons. The molecule has 1 rings (SSSR count). The lowest BCUT2D eigenvalue weighted by Gasteiger charge is -2.17. The summed E-state index contributed by atoms with van der Waals surface area (Å²) in [6.45, 7) is 7.01. The largest absolute Gasteiger partial charge is 0.476 e. The molecular weight excluding hydrogens is 278 g/mol. The van der Waals surface area contributed by atoms with Crippen molar-refractivity contribution in [2.75, 3.05) is 26.2 Å². The first-order valence-electron chi connectivity index (χ1n) is 6.51. The van der Waals surface area contributed by atoms with Crippen molar-refractivity contribution < 1.29 is 14.9 Å². The van der Waals surface area contributed by atoms with E-state index in [4.69, 9.17) is 15.7 Å². The molecule has 0 fully saturated rings. The minimum absolute atomic E-state index is 0.189. The topological polar surface area (TPSA) is 127 Å². The lowest BCUT2D eigenvalue weighted by atomic mass is 10.3. The van der Waals surface area contributed by atoms with E-state index in [1.54, 1.807) is 0 Å². The third-order valence-electron chi connectivity index (χ3n) is 2.95. The number of nitrogens with zero attached hydrogens (tertiary/aromatic N) is 4. The Morgan fingerprint density at radius 1 is 1.52 bits per heavy atom. The van der Waals surface area contributed by atoms with Crippen molar-refractivity contribution in [3.05, 3.63) is 27.9 Å². The Morgan fingerprint density at radius 3 is 2.71 bits per heavy atom. The monoisotopic (exact) mass is 297 g/mol. The van der Waals surface area contributed by atoms with Crippen LogP contribution in [0.2, 0.25) is 0 Å². The number of ether oxygens (including phenoxy) is 1. The number of nitrogens with two attached hydrogens (primary N) is 1. The van der Waals surface area contributed by atoms with Gasteiger partial charge in [-0.25, -0.2) is 4.98 Å². The van der Waals surface area contributed by atoms with Crippen molar-refractivity contribution in [2.24, 2.45) is 10.9 Å². The van der Waals surface area contributed by atoms with Crippen molar-refractivity contribution in [1.82, 2.24) is 9.88 Å². The lowest BCUT2D eigenvalue weighted by Crippen LogP contribution is -2.28. The van der Waals surface area contributed by atoms with E-state index in [9.17, 15) is 10.1 Å². The Morgan fingerprint density at radius 2 is 2.19 bits per heavy atom. The predicted molar refractivity (Wildman–Crippen MR) is 76.7 cm³/mol. The molecule has 0 bridgehead atoms. The van der Waals surface area contributed by atoms with Crippen molar-refractivity contribution in [1.29, 1.82) is 0 Å². The van der Waals surface area contributed by atoms with Crippen LogP contribution >= 0.6 is 0 Å². The highest BCUT2D eigenvalue weighted by Gasteiger charge is 2.20. The summed E-state index contributed by atoms with van der Waals surface area (Å²) in [4.78, 5) is 16.3. The fourth-order valence-electron chi connectivity index (χ4n) is 1.72. The summed E-state index contributed by atoms with van der Waals surface area (Å²) in [5.41, 5.74) is 4.83. The van der Waals surface area contributed by atoms with Crippen LogP contribution in [0, 0.1) is 10.1 Å². The molecule has 1 aromatic rings. The number of aromatic nitrogens is 1. The van der Waals surface area contributed by atoms with Crippen molar-refractivity contribution in [3.63, 3.8) is 0 Å². The molecule has 0 aliphatic rings. The van der Waals surface area contributed by atoms with E-state index in [2.05, 4.69) is 15.0 Å². The van der Waals surface area contributed by atoms with Crippen LogP contribution in [-0.2, 0) is 0 Å². The van der Waals surface area contributed by atoms with E-state index < -0.39 is 10.8 Å². The molecule has 9 nitrogen and oxygen atoms in total. The van der Waals surface area contributed by atoms with Crippen LogP contribution in [0.15, 0.2) is 17.3 Å². The van der Waals surface area contributed by atoms with Gasteiger partial charge in [0.05, 0.1) is 4.92 Å². The number of hydrogen-bond acceptors (Lipinski definition) is 7. The third-order valence-corrected chi connectivity index (χ3v) is 2.95. The van der Waals surface area contributed by atoms with Gasteiger partial charge in [0.1, 0.15) is 6.61 Å². The molecule has 1 heterocycles. The van der Waals surface area contributed by atoms with Gasteiger partial charge in [-0.05, 0) is 13.1 Å². The van der Waals surface area contributed by atoms with Crippen LogP contribution in [-0.4, -0.2) is 52.1 Å². The smallest absolute Gasteiger partial charge is 0.299 e. The Hall–Kier alpha value is -2.42. The predicted octanol–water partition coefficient (Wildman–Crippen LogP) is 0.805. The highest BCUT2D eigenvalue weighted by molar-refractivity contribution is 5.98. The molecular formula is C12H19N5O4. The standard InChI is InChI=1S/C12H19N5O4/c1-3-16(4-2)7-8-21-10-6-5-9(17(19)20)11(14-10)12(13)15-18/h5-6,18H,3-4,7-8H2,1-2H3,(H2,13,15). The number of likely N-dealkylation sites (N-methyl/N-ethyl adjacent to an activating group) is 1. The number of nitro groups is 1. The van der Waals surface area contributed by atoms with Crippen molar-refractivity contribution in [2.45, 2.75) is 13.8 Å². The van der Waals surface area contributed by atoms with E-state index >= 15 is 0 Å². The van der Waals surface area contributed by atoms with Crippen LogP contribution < -0.4 is 10.5 Å². The first kappa shape index (κ1) is 16.6. The fraction of sp³-hybridized carbons (Fsp3) is 0.500. The Balaban J connectivity index is 2.83. The second-order valence-corrected chi connectivity index (χ2v) is 4.13. The lowest BCUT2D eigenvalue weighted by molar-refractivity contribution is -0.385. The van der Waals surface area contributed by atoms with E-state index in [1.165, 1.54) is 12.1 Å². The van der Waals surface area contributed by atoms with Crippen LogP contribution in [0.5, 0.6) is 5.88 Å². The van der Waals surface area contributed by atoms with E-state index in [0.29, 0.717) is 13.2 Å². The first-order valence-corrected chi connectivity index (χ1v) is 6.51. The highest BCUT2D eigenvalue weighted by atomic mass is 16.6. The Labute approximate surface area is 122 Å². The fourth-order valence-corrected chi connectivity index (χ4v) is 1.72. The number of oxime groups is 1. The van der Waals surface area contributed by atoms with Gasteiger partial charge in [-0.1, -0.05) is 19.0 Å². The van der Waals surface area contributed by atoms with Crippen LogP contribution in [0.25, 0.3) is 0 Å². The molecule has 0 aromatic carbocycles. The molecule has 0 unspecified atom stereocenters. The highest BCUT2D eigenvalue weighted by Crippen LogP contribution is 2.20. The summed E-state index contributed by atoms with van der Waals surface area (Å²) in [7, 11) is 0. The molecule has 0 atom stereocenters. The molecule has 0 amide bonds. The molecule has 0 spiro atoms. The average Bonchev–Trinajstić information content (AvgIpc) is 2.50. The summed E-state index contributed by atoms with van der Waals surface area (Å²) in [5.74, 6) is -0.245. The van der Waals surface area contributed by atoms with Gasteiger partial charge in [0.15, 0.2) is 11.5 Å². The molecule has 0 aliphatic carbocycles. The number of amidine groups is 1. The molecule has 0 saturated heterocycles. The number of pyridine rings is 1. The maximum Gasteiger partial charge on any atom is 0.299 e. The maximum atomic E-state index is 10.9. The zero-order valence-corrected chi connectivity index (χ0v) is 12.0. The quantitative estimate of drug-likeness (QED) is 0.239. The van der Waals surface area contributed by atoms with Crippen LogP contribution in [0.1, 0.15) is 19.5 Å². The molecule has 0 radical (unpaired) electrons. The van der Waals surface area contributed by atoms with E-state index in [-0.39, 0.29) is 17.3 Å². The summed E-state index contributed by atoms with van der Waals surface area (Å²) in [5, 5.41) is 22.3. The second-order valence-electron chi connectivity index (χ2n) is 4.13. The van der Waals surface area contributed by atoms with Gasteiger partial charge in [0.25, 0.3) is 5.69 Å². The molecule has 9 heteroatoms. The summed E-state index contributed by atoms with van der Waals surface area (Å²) >= 11 is 0. The van der Waals surface area contributed by atoms with Gasteiger partial charge in [-0.3, -0.25) is 10.1 Å². The molecule has 1 aromatic heterocycles. The zero-order valence-electron chi connectivity index (χ0n) is 12.0. The Kier molecular flexibility index (Phi) is 6.34. The SMILES string of the molecule is CCN(CC)CCOc1ccc([N+](=O)[O-])c(/C(N)=N/O)n1. The molecule has 21 heavy (non-hydrogen) atoms. The first-order chi connectivity index (χ1) is 10.0. The summed E-state index contributed by atoms with van der Waals surface area (Å²) in [6.07, 6.45) is 0. The minimum atomic E-state index is -0.653. The number of rotatable bonds is 8. The minimum Gasteiger partial charge on any atom is -0.476 e. The van der Waals surface area contributed by atoms with Crippen molar-refractivity contribution >= 4 is 11.5 Å². The molecule has 3 N–H and O–H groups in total. The van der Waals surface area contributed by atoms with Gasteiger partial charge in [-0.2, -0.15) is 0 Å². The normalized spacial score (nSPS) is 11.7. The number of hydrogen-bond donors (Lipinski definition) is 2. The average molecular weight is 297 g/mol.